The molecule has 1 heterocycles. The van der Waals surface area contributed by atoms with Gasteiger partial charge in [-0.05, 0) is 36.6 Å². The van der Waals surface area contributed by atoms with Crippen LogP contribution in [0.3, 0.4) is 0 Å². The number of non-ortho nitro benzene ring substituents is 1. The van der Waals surface area contributed by atoms with E-state index in [1.165, 1.54) is 42.7 Å². The van der Waals surface area contributed by atoms with Crippen LogP contribution in [0.4, 0.5) is 5.69 Å². The number of carboxylic acids is 1. The highest BCUT2D eigenvalue weighted by molar-refractivity contribution is 6.04. The molecule has 0 fully saturated rings. The number of hydrogen-bond acceptors (Lipinski definition) is 6. The van der Waals surface area contributed by atoms with Crippen LogP contribution in [0.5, 0.6) is 0 Å². The van der Waals surface area contributed by atoms with Gasteiger partial charge in [0.05, 0.1) is 11.2 Å². The van der Waals surface area contributed by atoms with E-state index in [1.807, 2.05) is 0 Å². The molecule has 10 heteroatoms. The lowest BCUT2D eigenvalue weighted by molar-refractivity contribution is -0.384. The van der Waals surface area contributed by atoms with E-state index in [-0.39, 0.29) is 30.1 Å². The van der Waals surface area contributed by atoms with Crippen LogP contribution in [0.15, 0.2) is 52.8 Å². The predicted molar refractivity (Wildman–Crippen MR) is 106 cm³/mol. The summed E-state index contributed by atoms with van der Waals surface area (Å²) in [5.41, 5.74) is 0.0947. The predicted octanol–water partition coefficient (Wildman–Crippen LogP) is 2.72. The summed E-state index contributed by atoms with van der Waals surface area (Å²) in [6.45, 7) is 0.279. The van der Waals surface area contributed by atoms with Gasteiger partial charge < -0.3 is 20.2 Å². The van der Waals surface area contributed by atoms with Crippen molar-refractivity contribution in [1.82, 2.24) is 10.6 Å². The molecule has 30 heavy (non-hydrogen) atoms. The largest absolute Gasteiger partial charge is 0.481 e. The molecule has 0 spiro atoms. The van der Waals surface area contributed by atoms with Gasteiger partial charge in [0, 0.05) is 25.1 Å². The summed E-state index contributed by atoms with van der Waals surface area (Å²) in [6.07, 6.45) is 4.38. The maximum atomic E-state index is 12.6. The van der Waals surface area contributed by atoms with Crippen molar-refractivity contribution in [1.29, 1.82) is 0 Å². The average molecular weight is 415 g/mol. The fourth-order valence-corrected chi connectivity index (χ4v) is 2.52. The molecule has 2 aromatic rings. The second kappa shape index (κ2) is 11.1. The molecule has 3 N–H and O–H groups in total. The van der Waals surface area contributed by atoms with Crippen molar-refractivity contribution in [2.24, 2.45) is 0 Å². The molecule has 0 unspecified atom stereocenters. The number of hydrogen-bond donors (Lipinski definition) is 3. The first-order valence-corrected chi connectivity index (χ1v) is 9.18. The number of rotatable bonds is 11. The topological polar surface area (TPSA) is 152 Å². The van der Waals surface area contributed by atoms with Crippen LogP contribution in [0, 0.1) is 10.1 Å². The van der Waals surface area contributed by atoms with E-state index in [0.717, 1.165) is 0 Å². The lowest BCUT2D eigenvalue weighted by atomic mass is 10.1. The second-order valence-electron chi connectivity index (χ2n) is 6.30. The van der Waals surface area contributed by atoms with Gasteiger partial charge in [0.15, 0.2) is 5.76 Å². The second-order valence-corrected chi connectivity index (χ2v) is 6.30. The van der Waals surface area contributed by atoms with E-state index < -0.39 is 22.7 Å². The number of amides is 2. The first-order chi connectivity index (χ1) is 14.4. The molecule has 0 aliphatic rings. The van der Waals surface area contributed by atoms with Crippen molar-refractivity contribution in [3.8, 4) is 0 Å². The van der Waals surface area contributed by atoms with Gasteiger partial charge in [-0.25, -0.2) is 0 Å². The maximum Gasteiger partial charge on any atom is 0.303 e. The number of aliphatic carboxylic acids is 1. The van der Waals surface area contributed by atoms with Crippen molar-refractivity contribution < 1.29 is 28.8 Å². The SMILES string of the molecule is O=C(O)CCCCCNC(=O)/C(=C\c1cccc([N+](=O)[O-])c1)NC(=O)c1ccco1. The fraction of sp³-hybridized carbons (Fsp3) is 0.250. The maximum absolute atomic E-state index is 12.6. The van der Waals surface area contributed by atoms with E-state index in [1.54, 1.807) is 6.07 Å². The van der Waals surface area contributed by atoms with Gasteiger partial charge in [0.1, 0.15) is 5.70 Å². The van der Waals surface area contributed by atoms with Gasteiger partial charge in [-0.3, -0.25) is 24.5 Å². The molecule has 10 nitrogen and oxygen atoms in total. The van der Waals surface area contributed by atoms with Crippen LogP contribution in [0.1, 0.15) is 41.8 Å². The summed E-state index contributed by atoms with van der Waals surface area (Å²) < 4.78 is 5.01. The number of carbonyl (C=O) groups excluding carboxylic acids is 2. The van der Waals surface area contributed by atoms with Gasteiger partial charge in [-0.1, -0.05) is 18.6 Å². The van der Waals surface area contributed by atoms with Crippen LogP contribution < -0.4 is 10.6 Å². The molecule has 0 aliphatic carbocycles. The van der Waals surface area contributed by atoms with Gasteiger partial charge in [-0.2, -0.15) is 0 Å². The molecule has 0 saturated heterocycles. The summed E-state index contributed by atoms with van der Waals surface area (Å²) in [6, 6.07) is 8.58. The van der Waals surface area contributed by atoms with Gasteiger partial charge in [0.25, 0.3) is 17.5 Å². The van der Waals surface area contributed by atoms with Crippen molar-refractivity contribution in [3.05, 3.63) is 69.8 Å². The standard InChI is InChI=1S/C20H21N3O7/c24-18(25)9-2-1-3-10-21-19(26)16(22-20(27)17-8-5-11-30-17)13-14-6-4-7-15(12-14)23(28)29/h4-8,11-13H,1-3,9-10H2,(H,21,26)(H,22,27)(H,24,25)/b16-13+. The molecule has 2 amide bonds. The molecule has 0 radical (unpaired) electrons. The molecule has 0 aliphatic heterocycles. The third kappa shape index (κ3) is 7.23. The molecular formula is C20H21N3O7. The molecule has 0 saturated carbocycles. The average Bonchev–Trinajstić information content (AvgIpc) is 3.25. The zero-order chi connectivity index (χ0) is 21.9. The minimum atomic E-state index is -0.873. The highest BCUT2D eigenvalue weighted by Crippen LogP contribution is 2.15. The molecule has 158 valence electrons. The monoisotopic (exact) mass is 415 g/mol. The smallest absolute Gasteiger partial charge is 0.303 e. The van der Waals surface area contributed by atoms with Crippen LogP contribution >= 0.6 is 0 Å². The number of carboxylic acid groups (broad SMARTS) is 1. The summed E-state index contributed by atoms with van der Waals surface area (Å²) in [5, 5.41) is 24.7. The van der Waals surface area contributed by atoms with Crippen molar-refractivity contribution in [2.45, 2.75) is 25.7 Å². The molecule has 1 aromatic heterocycles. The highest BCUT2D eigenvalue weighted by Gasteiger charge is 2.16. The third-order valence-electron chi connectivity index (χ3n) is 3.98. The summed E-state index contributed by atoms with van der Waals surface area (Å²) in [4.78, 5) is 45.7. The number of nitro benzene ring substituents is 1. The summed E-state index contributed by atoms with van der Waals surface area (Å²) >= 11 is 0. The van der Waals surface area contributed by atoms with Crippen molar-refractivity contribution >= 4 is 29.5 Å². The van der Waals surface area contributed by atoms with Crippen LogP contribution in [0.2, 0.25) is 0 Å². The van der Waals surface area contributed by atoms with E-state index >= 15 is 0 Å². The molecule has 1 aromatic carbocycles. The van der Waals surface area contributed by atoms with Crippen LogP contribution in [-0.2, 0) is 9.59 Å². The molecule has 2 rings (SSSR count). The van der Waals surface area contributed by atoms with Gasteiger partial charge in [0.2, 0.25) is 0 Å². The van der Waals surface area contributed by atoms with E-state index in [2.05, 4.69) is 10.6 Å². The van der Waals surface area contributed by atoms with Crippen molar-refractivity contribution in [2.75, 3.05) is 6.54 Å². The zero-order valence-corrected chi connectivity index (χ0v) is 16.0. The normalized spacial score (nSPS) is 11.0. The zero-order valence-electron chi connectivity index (χ0n) is 16.0. The quantitative estimate of drug-likeness (QED) is 0.221. The lowest BCUT2D eigenvalue weighted by Gasteiger charge is -2.10. The Kier molecular flexibility index (Phi) is 8.30. The number of nitrogens with zero attached hydrogens (tertiary/aromatic N) is 1. The number of nitrogens with one attached hydrogen (secondary N) is 2. The number of benzene rings is 1. The third-order valence-corrected chi connectivity index (χ3v) is 3.98. The lowest BCUT2D eigenvalue weighted by Crippen LogP contribution is -2.35. The van der Waals surface area contributed by atoms with Crippen molar-refractivity contribution in [3.63, 3.8) is 0 Å². The highest BCUT2D eigenvalue weighted by atomic mass is 16.6. The van der Waals surface area contributed by atoms with Crippen LogP contribution in [-0.4, -0.2) is 34.4 Å². The van der Waals surface area contributed by atoms with E-state index in [4.69, 9.17) is 9.52 Å². The van der Waals surface area contributed by atoms with E-state index in [9.17, 15) is 24.5 Å². The first kappa shape index (κ1) is 22.3. The number of furan rings is 1. The van der Waals surface area contributed by atoms with Gasteiger partial charge >= 0.3 is 5.97 Å². The Labute approximate surface area is 171 Å². The molecular weight excluding hydrogens is 394 g/mol. The minimum Gasteiger partial charge on any atom is -0.481 e. The number of carbonyl (C=O) groups is 3. The Bertz CT molecular complexity index is 936. The van der Waals surface area contributed by atoms with Gasteiger partial charge in [-0.15, -0.1) is 0 Å². The Morgan fingerprint density at radius 2 is 1.93 bits per heavy atom. The van der Waals surface area contributed by atoms with E-state index in [0.29, 0.717) is 24.8 Å². The summed E-state index contributed by atoms with van der Waals surface area (Å²) in [7, 11) is 0. The Balaban J connectivity index is 2.09. The van der Waals surface area contributed by atoms with Crippen LogP contribution in [0.25, 0.3) is 6.08 Å². The Morgan fingerprint density at radius 1 is 1.13 bits per heavy atom. The Hall–Kier alpha value is -3.95. The Morgan fingerprint density at radius 3 is 2.60 bits per heavy atom. The first-order valence-electron chi connectivity index (χ1n) is 9.18. The molecule has 0 bridgehead atoms. The summed E-state index contributed by atoms with van der Waals surface area (Å²) in [5.74, 6) is -2.10. The molecule has 0 atom stereocenters. The number of unbranched alkanes of at least 4 members (excludes halogenated alkanes) is 2. The number of nitro groups is 1. The fourth-order valence-electron chi connectivity index (χ4n) is 2.52. The minimum absolute atomic E-state index is 0.00131.